The van der Waals surface area contributed by atoms with Crippen LogP contribution in [-0.4, -0.2) is 5.78 Å². The Kier molecular flexibility index (Phi) is 2.82. The minimum atomic E-state index is -0.0737. The van der Waals surface area contributed by atoms with Gasteiger partial charge in [-0.3, -0.25) is 4.79 Å². The molecule has 0 aromatic rings. The molecule has 0 N–H and O–H groups in total. The van der Waals surface area contributed by atoms with E-state index in [2.05, 4.69) is 27.7 Å². The van der Waals surface area contributed by atoms with E-state index >= 15 is 0 Å². The molecule has 1 heteroatoms. The number of carbonyl (C=O) groups is 1. The molecule has 4 rings (SSSR count). The summed E-state index contributed by atoms with van der Waals surface area (Å²) in [5, 5.41) is 0. The molecule has 0 radical (unpaired) electrons. The molecule has 0 saturated heterocycles. The Labute approximate surface area is 130 Å². The number of rotatable bonds is 0. The monoisotopic (exact) mass is 288 g/mol. The van der Waals surface area contributed by atoms with Crippen LogP contribution in [0, 0.1) is 39.9 Å². The van der Waals surface area contributed by atoms with Crippen molar-refractivity contribution >= 4 is 5.78 Å². The molecule has 0 heterocycles. The second kappa shape index (κ2) is 4.15. The maximum Gasteiger partial charge on any atom is 0.138 e. The van der Waals surface area contributed by atoms with E-state index in [0.29, 0.717) is 22.5 Å². The van der Waals surface area contributed by atoms with Gasteiger partial charge in [0.2, 0.25) is 0 Å². The van der Waals surface area contributed by atoms with Crippen molar-refractivity contribution in [2.75, 3.05) is 0 Å². The van der Waals surface area contributed by atoms with Gasteiger partial charge in [-0.05, 0) is 79.4 Å². The topological polar surface area (TPSA) is 17.1 Å². The van der Waals surface area contributed by atoms with Gasteiger partial charge in [-0.2, -0.15) is 0 Å². The van der Waals surface area contributed by atoms with Crippen molar-refractivity contribution in [2.45, 2.75) is 79.1 Å². The summed E-state index contributed by atoms with van der Waals surface area (Å²) in [4.78, 5) is 12.5. The average molecular weight is 288 g/mol. The van der Waals surface area contributed by atoms with E-state index in [9.17, 15) is 4.79 Å². The molecule has 1 spiro atoms. The molecule has 0 aromatic heterocycles. The van der Waals surface area contributed by atoms with Gasteiger partial charge in [-0.15, -0.1) is 0 Å². The summed E-state index contributed by atoms with van der Waals surface area (Å²) in [6, 6.07) is 0. The van der Waals surface area contributed by atoms with Crippen LogP contribution in [0.4, 0.5) is 0 Å². The third-order valence-electron chi connectivity index (χ3n) is 8.77. The lowest BCUT2D eigenvalue weighted by Crippen LogP contribution is -2.58. The van der Waals surface area contributed by atoms with Crippen molar-refractivity contribution in [3.8, 4) is 0 Å². The Morgan fingerprint density at radius 3 is 2.48 bits per heavy atom. The molecule has 6 atom stereocenters. The van der Waals surface area contributed by atoms with E-state index in [1.54, 1.807) is 0 Å². The highest BCUT2D eigenvalue weighted by Gasteiger charge is 2.64. The molecule has 0 unspecified atom stereocenters. The number of carbonyl (C=O) groups excluding carboxylic acids is 1. The Hall–Kier alpha value is -0.330. The number of ketones is 1. The predicted molar refractivity (Wildman–Crippen MR) is 85.9 cm³/mol. The molecule has 0 aliphatic heterocycles. The fraction of sp³-hybridized carbons (Fsp3) is 0.950. The molecule has 0 aromatic carbocycles. The standard InChI is InChI=1S/C20H32O/c1-13-11-20-10-7-15-18(2,3)17(21)8-9-19(15,4)16(20)6-5-14(13)12-20/h13-16H,5-12H2,1-4H3/t13-,14+,15-,16+,19-,20+/m1/s1. The number of fused-ring (bicyclic) bond motifs is 3. The normalized spacial score (nSPS) is 55.0. The van der Waals surface area contributed by atoms with Crippen molar-refractivity contribution in [1.29, 1.82) is 0 Å². The first-order valence-electron chi connectivity index (χ1n) is 9.33. The summed E-state index contributed by atoms with van der Waals surface area (Å²) < 4.78 is 0. The van der Waals surface area contributed by atoms with E-state index in [4.69, 9.17) is 0 Å². The van der Waals surface area contributed by atoms with E-state index in [0.717, 1.165) is 24.2 Å². The maximum atomic E-state index is 12.5. The van der Waals surface area contributed by atoms with Crippen LogP contribution < -0.4 is 0 Å². The molecule has 2 bridgehead atoms. The summed E-state index contributed by atoms with van der Waals surface area (Å²) in [7, 11) is 0. The van der Waals surface area contributed by atoms with Crippen LogP contribution >= 0.6 is 0 Å². The van der Waals surface area contributed by atoms with Crippen LogP contribution in [0.5, 0.6) is 0 Å². The maximum absolute atomic E-state index is 12.5. The summed E-state index contributed by atoms with van der Waals surface area (Å²) >= 11 is 0. The molecule has 0 amide bonds. The quantitative estimate of drug-likeness (QED) is 0.596. The van der Waals surface area contributed by atoms with Crippen LogP contribution in [0.1, 0.15) is 79.1 Å². The van der Waals surface area contributed by atoms with E-state index < -0.39 is 0 Å². The van der Waals surface area contributed by atoms with Crippen LogP contribution in [0.15, 0.2) is 0 Å². The van der Waals surface area contributed by atoms with Gasteiger partial charge in [0, 0.05) is 11.8 Å². The van der Waals surface area contributed by atoms with E-state index in [-0.39, 0.29) is 5.41 Å². The van der Waals surface area contributed by atoms with Gasteiger partial charge in [0.25, 0.3) is 0 Å². The van der Waals surface area contributed by atoms with Crippen LogP contribution in [-0.2, 0) is 4.79 Å². The smallest absolute Gasteiger partial charge is 0.138 e. The first kappa shape index (κ1) is 14.3. The van der Waals surface area contributed by atoms with E-state index in [1.807, 2.05) is 0 Å². The molecule has 1 nitrogen and oxygen atoms in total. The molecular formula is C20H32O. The summed E-state index contributed by atoms with van der Waals surface area (Å²) in [5.41, 5.74) is 1.02. The molecular weight excluding hydrogens is 256 g/mol. The van der Waals surface area contributed by atoms with Gasteiger partial charge < -0.3 is 0 Å². The van der Waals surface area contributed by atoms with Crippen molar-refractivity contribution in [3.63, 3.8) is 0 Å². The van der Waals surface area contributed by atoms with Crippen LogP contribution in [0.25, 0.3) is 0 Å². The fourth-order valence-electron chi connectivity index (χ4n) is 7.82. The van der Waals surface area contributed by atoms with Gasteiger partial charge in [0.05, 0.1) is 0 Å². The predicted octanol–water partition coefficient (Wildman–Crippen LogP) is 5.23. The lowest BCUT2D eigenvalue weighted by atomic mass is 9.41. The molecule has 4 fully saturated rings. The van der Waals surface area contributed by atoms with Gasteiger partial charge >= 0.3 is 0 Å². The molecule has 21 heavy (non-hydrogen) atoms. The number of hydrogen-bond donors (Lipinski definition) is 0. The zero-order valence-electron chi connectivity index (χ0n) is 14.4. The fourth-order valence-corrected chi connectivity index (χ4v) is 7.82. The highest BCUT2D eigenvalue weighted by molar-refractivity contribution is 5.85. The highest BCUT2D eigenvalue weighted by atomic mass is 16.1. The van der Waals surface area contributed by atoms with E-state index in [1.165, 1.54) is 44.9 Å². The molecule has 4 aliphatic carbocycles. The lowest BCUT2D eigenvalue weighted by Gasteiger charge is -2.63. The first-order valence-corrected chi connectivity index (χ1v) is 9.33. The third kappa shape index (κ3) is 1.67. The molecule has 118 valence electrons. The first-order chi connectivity index (χ1) is 9.80. The Bertz CT molecular complexity index is 474. The zero-order valence-corrected chi connectivity index (χ0v) is 14.4. The lowest BCUT2D eigenvalue weighted by molar-refractivity contribution is -0.165. The number of hydrogen-bond acceptors (Lipinski definition) is 1. The second-order valence-corrected chi connectivity index (χ2v) is 9.88. The Morgan fingerprint density at radius 2 is 1.71 bits per heavy atom. The third-order valence-corrected chi connectivity index (χ3v) is 8.77. The van der Waals surface area contributed by atoms with Crippen molar-refractivity contribution < 1.29 is 4.79 Å². The Balaban J connectivity index is 1.74. The number of Topliss-reactive ketones (excluding diaryl/α,β-unsaturated/α-hetero) is 1. The van der Waals surface area contributed by atoms with Gasteiger partial charge in [-0.25, -0.2) is 0 Å². The van der Waals surface area contributed by atoms with Gasteiger partial charge in [0.15, 0.2) is 0 Å². The Morgan fingerprint density at radius 1 is 0.952 bits per heavy atom. The van der Waals surface area contributed by atoms with Crippen molar-refractivity contribution in [1.82, 2.24) is 0 Å². The second-order valence-electron chi connectivity index (χ2n) is 9.88. The SMILES string of the molecule is C[C@@H]1C[C@]23CC[C@@H]4C(C)(C)C(=O)CC[C@@]4(C)[C@@H]2CC[C@H]1C3. The minimum absolute atomic E-state index is 0.0737. The van der Waals surface area contributed by atoms with Crippen LogP contribution in [0.3, 0.4) is 0 Å². The van der Waals surface area contributed by atoms with Gasteiger partial charge in [0.1, 0.15) is 5.78 Å². The van der Waals surface area contributed by atoms with Crippen LogP contribution in [0.2, 0.25) is 0 Å². The summed E-state index contributed by atoms with van der Waals surface area (Å²) in [5.74, 6) is 4.04. The summed E-state index contributed by atoms with van der Waals surface area (Å²) in [6.07, 6.45) is 10.6. The molecule has 4 saturated carbocycles. The summed E-state index contributed by atoms with van der Waals surface area (Å²) in [6.45, 7) is 9.57. The van der Waals surface area contributed by atoms with Gasteiger partial charge in [-0.1, -0.05) is 27.7 Å². The minimum Gasteiger partial charge on any atom is -0.299 e. The van der Waals surface area contributed by atoms with Crippen molar-refractivity contribution in [2.24, 2.45) is 39.9 Å². The average Bonchev–Trinajstić information content (AvgIpc) is 2.65. The highest BCUT2D eigenvalue weighted by Crippen LogP contribution is 2.71. The zero-order chi connectivity index (χ0) is 15.0. The largest absolute Gasteiger partial charge is 0.299 e. The molecule has 4 aliphatic rings. The van der Waals surface area contributed by atoms with Crippen molar-refractivity contribution in [3.05, 3.63) is 0 Å².